The third kappa shape index (κ3) is 48.8. The molecule has 0 aliphatic rings. The van der Waals surface area contributed by atoms with Crippen LogP contribution in [-0.2, 0) is 28.6 Å². The van der Waals surface area contributed by atoms with Crippen LogP contribution in [0, 0.1) is 0 Å². The molecule has 0 heterocycles. The Hall–Kier alpha value is -2.11. The zero-order valence-corrected chi connectivity index (χ0v) is 40.9. The van der Waals surface area contributed by atoms with Gasteiger partial charge in [-0.3, -0.25) is 14.4 Å². The molecule has 0 radical (unpaired) electrons. The highest BCUT2D eigenvalue weighted by molar-refractivity contribution is 5.71. The van der Waals surface area contributed by atoms with Gasteiger partial charge in [-0.15, -0.1) is 0 Å². The maximum atomic E-state index is 12.8. The van der Waals surface area contributed by atoms with Crippen molar-refractivity contribution in [3.63, 3.8) is 0 Å². The topological polar surface area (TPSA) is 78.9 Å². The van der Waals surface area contributed by atoms with E-state index in [1.165, 1.54) is 186 Å². The van der Waals surface area contributed by atoms with Crippen molar-refractivity contribution in [2.75, 3.05) is 13.2 Å². The summed E-state index contributed by atoms with van der Waals surface area (Å²) in [5.41, 5.74) is 0. The van der Waals surface area contributed by atoms with Gasteiger partial charge >= 0.3 is 17.9 Å². The van der Waals surface area contributed by atoms with Gasteiger partial charge in [0.2, 0.25) is 0 Å². The molecule has 0 bridgehead atoms. The van der Waals surface area contributed by atoms with Gasteiger partial charge in [-0.2, -0.15) is 0 Å². The van der Waals surface area contributed by atoms with Crippen molar-refractivity contribution in [3.8, 4) is 0 Å². The number of unbranched alkanes of at least 4 members (excludes halogenated alkanes) is 34. The fourth-order valence-corrected chi connectivity index (χ4v) is 7.84. The minimum Gasteiger partial charge on any atom is -0.462 e. The minimum atomic E-state index is -0.771. The van der Waals surface area contributed by atoms with E-state index in [1.54, 1.807) is 0 Å². The molecule has 0 aliphatic carbocycles. The highest BCUT2D eigenvalue weighted by Crippen LogP contribution is 2.16. The number of hydrogen-bond donors (Lipinski definition) is 0. The van der Waals surface area contributed by atoms with Gasteiger partial charge in [0.1, 0.15) is 13.2 Å². The summed E-state index contributed by atoms with van der Waals surface area (Å²) in [6.07, 6.45) is 57.3. The molecule has 6 nitrogen and oxygen atoms in total. The van der Waals surface area contributed by atoms with Crippen molar-refractivity contribution in [2.24, 2.45) is 0 Å². The number of rotatable bonds is 49. The second-order valence-electron chi connectivity index (χ2n) is 18.1. The maximum Gasteiger partial charge on any atom is 0.306 e. The van der Waals surface area contributed by atoms with Gasteiger partial charge < -0.3 is 14.2 Å². The van der Waals surface area contributed by atoms with E-state index in [-0.39, 0.29) is 31.1 Å². The fraction of sp³-hybridized carbons (Fsp3) is 0.873. The van der Waals surface area contributed by atoms with Gasteiger partial charge in [-0.05, 0) is 70.6 Å². The molecular formula is C55H102O6. The van der Waals surface area contributed by atoms with Crippen LogP contribution in [0.15, 0.2) is 24.3 Å². The molecule has 0 N–H and O–H groups in total. The first-order valence-electron chi connectivity index (χ1n) is 26.8. The maximum absolute atomic E-state index is 12.8. The van der Waals surface area contributed by atoms with E-state index in [0.717, 1.165) is 64.2 Å². The first-order valence-corrected chi connectivity index (χ1v) is 26.8. The van der Waals surface area contributed by atoms with E-state index in [0.29, 0.717) is 19.3 Å². The van der Waals surface area contributed by atoms with Crippen molar-refractivity contribution in [1.29, 1.82) is 0 Å². The number of carbonyl (C=O) groups is 3. The Kier molecular flexibility index (Phi) is 48.8. The van der Waals surface area contributed by atoms with Crippen molar-refractivity contribution < 1.29 is 28.6 Å². The van der Waals surface area contributed by atoms with Gasteiger partial charge in [0.05, 0.1) is 0 Å². The standard InChI is InChI=1S/C55H102O6/c1-4-7-10-13-16-19-22-25-26-27-28-29-31-33-36-39-42-45-48-54(57)60-51-52(50-59-53(56)47-44-41-38-35-32-24-21-18-15-12-9-6-3)61-55(58)49-46-43-40-37-34-30-23-20-17-14-11-8-5-2/h18,21,26-27,52H,4-17,19-20,22-25,28-51H2,1-3H3/b21-18-,27-26-. The van der Waals surface area contributed by atoms with Crippen molar-refractivity contribution in [1.82, 2.24) is 0 Å². The Bertz CT molecular complexity index is 989. The predicted molar refractivity (Wildman–Crippen MR) is 261 cm³/mol. The smallest absolute Gasteiger partial charge is 0.306 e. The Morgan fingerprint density at radius 2 is 0.541 bits per heavy atom. The van der Waals surface area contributed by atoms with E-state index in [2.05, 4.69) is 45.1 Å². The molecule has 0 spiro atoms. The zero-order valence-electron chi connectivity index (χ0n) is 40.9. The van der Waals surface area contributed by atoms with Crippen LogP contribution in [0.3, 0.4) is 0 Å². The first-order chi connectivity index (χ1) is 30.0. The number of esters is 3. The van der Waals surface area contributed by atoms with Crippen molar-refractivity contribution >= 4 is 17.9 Å². The number of allylic oxidation sites excluding steroid dienone is 4. The molecule has 0 aromatic carbocycles. The average Bonchev–Trinajstić information content (AvgIpc) is 3.26. The number of ether oxygens (including phenoxy) is 3. The van der Waals surface area contributed by atoms with Crippen molar-refractivity contribution in [2.45, 2.75) is 297 Å². The Morgan fingerprint density at radius 3 is 0.852 bits per heavy atom. The van der Waals surface area contributed by atoms with Gasteiger partial charge in [-0.1, -0.05) is 225 Å². The molecule has 1 unspecified atom stereocenters. The molecule has 61 heavy (non-hydrogen) atoms. The second-order valence-corrected chi connectivity index (χ2v) is 18.1. The Labute approximate surface area is 379 Å². The second kappa shape index (κ2) is 50.5. The summed E-state index contributed by atoms with van der Waals surface area (Å²) in [6, 6.07) is 0. The first kappa shape index (κ1) is 58.9. The molecule has 0 rings (SSSR count). The van der Waals surface area contributed by atoms with Crippen LogP contribution in [0.25, 0.3) is 0 Å². The molecular weight excluding hydrogens is 757 g/mol. The average molecular weight is 859 g/mol. The predicted octanol–water partition coefficient (Wildman–Crippen LogP) is 17.5. The lowest BCUT2D eigenvalue weighted by atomic mass is 10.0. The third-order valence-corrected chi connectivity index (χ3v) is 11.9. The van der Waals surface area contributed by atoms with Gasteiger partial charge in [-0.25, -0.2) is 0 Å². The van der Waals surface area contributed by atoms with Gasteiger partial charge in [0.25, 0.3) is 0 Å². The van der Waals surface area contributed by atoms with Gasteiger partial charge in [0, 0.05) is 19.3 Å². The highest BCUT2D eigenvalue weighted by Gasteiger charge is 2.19. The molecule has 0 aliphatic heterocycles. The molecule has 0 saturated carbocycles. The van der Waals surface area contributed by atoms with E-state index in [4.69, 9.17) is 14.2 Å². The quantitative estimate of drug-likeness (QED) is 0.0262. The summed E-state index contributed by atoms with van der Waals surface area (Å²) < 4.78 is 16.8. The van der Waals surface area contributed by atoms with E-state index in [1.807, 2.05) is 0 Å². The number of carbonyl (C=O) groups excluding carboxylic acids is 3. The molecule has 1 atom stereocenters. The fourth-order valence-electron chi connectivity index (χ4n) is 7.84. The molecule has 358 valence electrons. The number of hydrogen-bond acceptors (Lipinski definition) is 6. The lowest BCUT2D eigenvalue weighted by molar-refractivity contribution is -0.167. The summed E-state index contributed by atoms with van der Waals surface area (Å²) in [5.74, 6) is -0.872. The lowest BCUT2D eigenvalue weighted by Gasteiger charge is -2.18. The van der Waals surface area contributed by atoms with E-state index >= 15 is 0 Å². The van der Waals surface area contributed by atoms with Gasteiger partial charge in [0.15, 0.2) is 6.10 Å². The van der Waals surface area contributed by atoms with E-state index < -0.39 is 6.10 Å². The summed E-state index contributed by atoms with van der Waals surface area (Å²) in [6.45, 7) is 6.63. The molecule has 0 amide bonds. The zero-order chi connectivity index (χ0) is 44.4. The Morgan fingerprint density at radius 1 is 0.311 bits per heavy atom. The van der Waals surface area contributed by atoms with Crippen LogP contribution < -0.4 is 0 Å². The molecule has 0 saturated heterocycles. The van der Waals surface area contributed by atoms with Crippen LogP contribution in [0.1, 0.15) is 290 Å². The lowest BCUT2D eigenvalue weighted by Crippen LogP contribution is -2.30. The summed E-state index contributed by atoms with van der Waals surface area (Å²) in [5, 5.41) is 0. The Balaban J connectivity index is 4.32. The summed E-state index contributed by atoms with van der Waals surface area (Å²) >= 11 is 0. The summed E-state index contributed by atoms with van der Waals surface area (Å²) in [7, 11) is 0. The molecule has 0 aromatic heterocycles. The monoisotopic (exact) mass is 859 g/mol. The summed E-state index contributed by atoms with van der Waals surface area (Å²) in [4.78, 5) is 38.0. The van der Waals surface area contributed by atoms with Crippen LogP contribution in [-0.4, -0.2) is 37.2 Å². The van der Waals surface area contributed by atoms with Crippen LogP contribution in [0.5, 0.6) is 0 Å². The SMILES string of the molecule is CCCCC/C=C\CCCCCCCC(=O)OCC(COC(=O)CCCCCCCCC/C=C\CCCCCCCCC)OC(=O)CCCCCCCCCCCCCCC. The largest absolute Gasteiger partial charge is 0.462 e. The molecule has 6 heteroatoms. The van der Waals surface area contributed by atoms with Crippen LogP contribution in [0.2, 0.25) is 0 Å². The van der Waals surface area contributed by atoms with Crippen LogP contribution >= 0.6 is 0 Å². The normalized spacial score (nSPS) is 12.1. The molecule has 0 fully saturated rings. The van der Waals surface area contributed by atoms with E-state index in [9.17, 15) is 14.4 Å². The third-order valence-electron chi connectivity index (χ3n) is 11.9. The van der Waals surface area contributed by atoms with Crippen LogP contribution in [0.4, 0.5) is 0 Å². The highest BCUT2D eigenvalue weighted by atomic mass is 16.6. The minimum absolute atomic E-state index is 0.0724. The van der Waals surface area contributed by atoms with Crippen molar-refractivity contribution in [3.05, 3.63) is 24.3 Å². The molecule has 0 aromatic rings.